The molecule has 0 radical (unpaired) electrons. The molecule has 0 amide bonds. The predicted octanol–water partition coefficient (Wildman–Crippen LogP) is 1.22. The molecule has 1 heterocycles. The van der Waals surface area contributed by atoms with Crippen LogP contribution in [0, 0.1) is 0 Å². The molecule has 0 aliphatic heterocycles. The van der Waals surface area contributed by atoms with E-state index in [4.69, 9.17) is 4.89 Å². The van der Waals surface area contributed by atoms with Gasteiger partial charge in [-0.3, -0.25) is 9.09 Å². The highest BCUT2D eigenvalue weighted by molar-refractivity contribution is 7.44. The number of hydrogen-bond acceptors (Lipinski definition) is 3. The lowest BCUT2D eigenvalue weighted by Gasteiger charge is -2.30. The highest BCUT2D eigenvalue weighted by Gasteiger charge is 2.18. The number of rotatable bonds is 6. The first-order valence-electron chi connectivity index (χ1n) is 6.32. The zero-order valence-corrected chi connectivity index (χ0v) is 12.5. The van der Waals surface area contributed by atoms with Crippen molar-refractivity contribution in [3.05, 3.63) is 36.0 Å². The first-order valence-corrected chi connectivity index (χ1v) is 7.82. The molecule has 1 aromatic heterocycles. The van der Waals surface area contributed by atoms with Crippen molar-refractivity contribution < 1.29 is 23.4 Å². The number of quaternary nitrogens is 1. The third kappa shape index (κ3) is 4.16. The van der Waals surface area contributed by atoms with Crippen molar-refractivity contribution in [2.45, 2.75) is 6.42 Å². The fourth-order valence-electron chi connectivity index (χ4n) is 2.06. The van der Waals surface area contributed by atoms with Crippen molar-refractivity contribution in [2.75, 3.05) is 27.4 Å². The van der Waals surface area contributed by atoms with Gasteiger partial charge in [-0.15, -0.1) is 0 Å². The fraction of sp³-hybridized carbons (Fsp3) is 0.385. The average Bonchev–Trinajstić information content (AvgIpc) is 2.77. The maximum atomic E-state index is 10.6. The lowest BCUT2D eigenvalue weighted by atomic mass is 10.1. The summed E-state index contributed by atoms with van der Waals surface area (Å²) in [6, 6.07) is 8.03. The smallest absolute Gasteiger partial charge is 0.269 e. The fourth-order valence-corrected chi connectivity index (χ4v) is 2.51. The second-order valence-corrected chi connectivity index (χ2v) is 6.69. The second-order valence-electron chi connectivity index (χ2n) is 5.50. The van der Waals surface area contributed by atoms with Crippen LogP contribution in [0.1, 0.15) is 5.56 Å². The van der Waals surface area contributed by atoms with Crippen LogP contribution >= 0.6 is 7.82 Å². The molecule has 1 unspecified atom stereocenters. The summed E-state index contributed by atoms with van der Waals surface area (Å²) >= 11 is 0. The van der Waals surface area contributed by atoms with Gasteiger partial charge in [0.1, 0.15) is 0 Å². The zero-order chi connectivity index (χ0) is 14.8. The van der Waals surface area contributed by atoms with Gasteiger partial charge in [0.25, 0.3) is 7.82 Å². The number of hydrogen-bond donors (Lipinski definition) is 2. The van der Waals surface area contributed by atoms with Crippen LogP contribution in [0.3, 0.4) is 0 Å². The number of nitrogens with one attached hydrogen (secondary N) is 1. The highest BCUT2D eigenvalue weighted by atomic mass is 31.2. The van der Waals surface area contributed by atoms with Crippen LogP contribution < -0.4 is 4.89 Å². The van der Waals surface area contributed by atoms with E-state index >= 15 is 0 Å². The molecule has 0 fully saturated rings. The standard InChI is InChI=1S/C13H19N2O4P/c1-15(2,10-19-20(16,17)18)8-7-11-9-14-13-6-4-3-5-12(11)13/h3-6,9,14H,7-8,10H2,1-2H3,(H-,16,17,18). The van der Waals surface area contributed by atoms with Crippen molar-refractivity contribution >= 4 is 18.7 Å². The largest absolute Gasteiger partial charge is 0.756 e. The molecule has 2 aromatic rings. The van der Waals surface area contributed by atoms with Gasteiger partial charge in [-0.05, 0) is 11.6 Å². The molecule has 1 atom stereocenters. The van der Waals surface area contributed by atoms with E-state index < -0.39 is 7.82 Å². The topological polar surface area (TPSA) is 85.4 Å². The summed E-state index contributed by atoms with van der Waals surface area (Å²) in [4.78, 5) is 22.5. The van der Waals surface area contributed by atoms with Crippen LogP contribution in [-0.2, 0) is 15.5 Å². The van der Waals surface area contributed by atoms with Gasteiger partial charge in [0.05, 0.1) is 20.6 Å². The Morgan fingerprint density at radius 3 is 2.80 bits per heavy atom. The Balaban J connectivity index is 1.99. The molecule has 7 heteroatoms. The van der Waals surface area contributed by atoms with Crippen molar-refractivity contribution in [3.63, 3.8) is 0 Å². The third-order valence-electron chi connectivity index (χ3n) is 3.23. The molecular weight excluding hydrogens is 279 g/mol. The Kier molecular flexibility index (Phi) is 4.32. The normalized spacial score (nSPS) is 15.4. The summed E-state index contributed by atoms with van der Waals surface area (Å²) in [6.45, 7) is 0.613. The Hall–Kier alpha value is -1.17. The molecule has 6 nitrogen and oxygen atoms in total. The molecule has 0 saturated heterocycles. The predicted molar refractivity (Wildman–Crippen MR) is 74.8 cm³/mol. The molecule has 0 spiro atoms. The van der Waals surface area contributed by atoms with Crippen LogP contribution in [-0.4, -0.2) is 41.7 Å². The number of aromatic amines is 1. The number of phosphoric acid groups is 1. The molecule has 0 aliphatic carbocycles. The Morgan fingerprint density at radius 1 is 1.40 bits per heavy atom. The minimum absolute atomic E-state index is 0.0837. The first-order chi connectivity index (χ1) is 9.27. The molecular formula is C13H19N2O4P. The minimum atomic E-state index is -4.66. The summed E-state index contributed by atoms with van der Waals surface area (Å²) < 4.78 is 15.4. The quantitative estimate of drug-likeness (QED) is 0.477. The van der Waals surface area contributed by atoms with Gasteiger partial charge in [0, 0.05) is 23.5 Å². The van der Waals surface area contributed by atoms with Crippen LogP contribution in [0.2, 0.25) is 0 Å². The summed E-state index contributed by atoms with van der Waals surface area (Å²) in [5, 5.41) is 1.17. The Labute approximate surface area is 117 Å². The minimum Gasteiger partial charge on any atom is -0.756 e. The molecule has 2 N–H and O–H groups in total. The Bertz CT molecular complexity index is 632. The third-order valence-corrected chi connectivity index (χ3v) is 3.67. The van der Waals surface area contributed by atoms with Crippen LogP contribution in [0.25, 0.3) is 10.9 Å². The van der Waals surface area contributed by atoms with Crippen LogP contribution in [0.5, 0.6) is 0 Å². The van der Waals surface area contributed by atoms with E-state index in [1.54, 1.807) is 0 Å². The van der Waals surface area contributed by atoms with E-state index in [0.717, 1.165) is 11.9 Å². The van der Waals surface area contributed by atoms with Gasteiger partial charge in [-0.2, -0.15) is 0 Å². The molecule has 0 bridgehead atoms. The summed E-state index contributed by atoms with van der Waals surface area (Å²) in [5.41, 5.74) is 2.27. The lowest BCUT2D eigenvalue weighted by molar-refractivity contribution is -0.906. The van der Waals surface area contributed by atoms with Crippen molar-refractivity contribution in [2.24, 2.45) is 0 Å². The maximum absolute atomic E-state index is 10.6. The SMILES string of the molecule is C[N+](C)(CCc1c[nH]c2ccccc12)COP(=O)([O-])O. The molecule has 110 valence electrons. The molecule has 0 aliphatic rings. The summed E-state index contributed by atoms with van der Waals surface area (Å²) in [7, 11) is -0.953. The van der Waals surface area contributed by atoms with Gasteiger partial charge in [0.2, 0.25) is 0 Å². The van der Waals surface area contributed by atoms with Gasteiger partial charge in [-0.1, -0.05) is 18.2 Å². The van der Waals surface area contributed by atoms with Crippen molar-refractivity contribution in [3.8, 4) is 0 Å². The van der Waals surface area contributed by atoms with E-state index in [0.29, 0.717) is 11.0 Å². The van der Waals surface area contributed by atoms with E-state index in [-0.39, 0.29) is 6.73 Å². The highest BCUT2D eigenvalue weighted by Crippen LogP contribution is 2.31. The van der Waals surface area contributed by atoms with Gasteiger partial charge in [0.15, 0.2) is 6.73 Å². The second kappa shape index (κ2) is 5.68. The van der Waals surface area contributed by atoms with Crippen LogP contribution in [0.15, 0.2) is 30.5 Å². The summed E-state index contributed by atoms with van der Waals surface area (Å²) in [5.74, 6) is 0. The van der Waals surface area contributed by atoms with Crippen molar-refractivity contribution in [1.82, 2.24) is 4.98 Å². The number of phosphoric ester groups is 1. The number of benzene rings is 1. The van der Waals surface area contributed by atoms with E-state index in [2.05, 4.69) is 15.6 Å². The van der Waals surface area contributed by atoms with E-state index in [9.17, 15) is 9.46 Å². The number of H-pyrrole nitrogens is 1. The van der Waals surface area contributed by atoms with Gasteiger partial charge in [-0.25, -0.2) is 0 Å². The summed E-state index contributed by atoms with van der Waals surface area (Å²) in [6.07, 6.45) is 2.75. The zero-order valence-electron chi connectivity index (χ0n) is 11.6. The first kappa shape index (κ1) is 15.2. The van der Waals surface area contributed by atoms with Crippen LogP contribution in [0.4, 0.5) is 0 Å². The lowest BCUT2D eigenvalue weighted by Crippen LogP contribution is -2.43. The molecule has 0 saturated carbocycles. The molecule has 1 aromatic carbocycles. The number of aromatic nitrogens is 1. The average molecular weight is 298 g/mol. The number of likely N-dealkylation sites (N-methyl/N-ethyl adjacent to an activating group) is 1. The van der Waals surface area contributed by atoms with Crippen molar-refractivity contribution in [1.29, 1.82) is 0 Å². The monoisotopic (exact) mass is 298 g/mol. The number of fused-ring (bicyclic) bond motifs is 1. The molecule has 2 rings (SSSR count). The molecule has 20 heavy (non-hydrogen) atoms. The van der Waals surface area contributed by atoms with Gasteiger partial charge < -0.3 is 19.3 Å². The van der Waals surface area contributed by atoms with E-state index in [1.807, 2.05) is 38.5 Å². The number of nitrogens with zero attached hydrogens (tertiary/aromatic N) is 1. The van der Waals surface area contributed by atoms with E-state index in [1.165, 1.54) is 10.9 Å². The van der Waals surface area contributed by atoms with Gasteiger partial charge >= 0.3 is 0 Å². The maximum Gasteiger partial charge on any atom is 0.269 e. The number of para-hydroxylation sites is 1. The Morgan fingerprint density at radius 2 is 2.10 bits per heavy atom.